The molecule has 0 spiro atoms. The highest BCUT2D eigenvalue weighted by atomic mass is 16.5. The maximum absolute atomic E-state index is 11.8. The van der Waals surface area contributed by atoms with Crippen molar-refractivity contribution in [2.75, 3.05) is 13.7 Å². The van der Waals surface area contributed by atoms with Gasteiger partial charge in [0.25, 0.3) is 0 Å². The average Bonchev–Trinajstić information content (AvgIpc) is 2.48. The number of methoxy groups -OCH3 is 1. The van der Waals surface area contributed by atoms with E-state index in [1.807, 2.05) is 0 Å². The second kappa shape index (κ2) is 9.93. The molecule has 0 aliphatic rings. The highest BCUT2D eigenvalue weighted by Gasteiger charge is 2.09. The molecule has 1 aromatic carbocycles. The quantitative estimate of drug-likeness (QED) is 0.545. The van der Waals surface area contributed by atoms with Crippen LogP contribution in [0.2, 0.25) is 0 Å². The topological polar surface area (TPSA) is 55.8 Å². The lowest BCUT2D eigenvalue weighted by Crippen LogP contribution is -2.11. The summed E-state index contributed by atoms with van der Waals surface area (Å²) >= 11 is 0. The Hall–Kier alpha value is -1.97. The van der Waals surface area contributed by atoms with Crippen molar-refractivity contribution in [3.8, 4) is 11.5 Å². The van der Waals surface area contributed by atoms with Crippen LogP contribution in [0.3, 0.4) is 0 Å². The summed E-state index contributed by atoms with van der Waals surface area (Å²) in [6.45, 7) is 6.83. The zero-order chi connectivity index (χ0) is 17.2. The van der Waals surface area contributed by atoms with Crippen molar-refractivity contribution in [3.63, 3.8) is 0 Å². The number of carbonyl (C=O) groups excluding carboxylic acids is 1. The molecule has 1 rings (SSSR count). The molecule has 1 atom stereocenters. The largest absolute Gasteiger partial charge is 0.504 e. The van der Waals surface area contributed by atoms with Gasteiger partial charge in [0.1, 0.15) is 0 Å². The molecule has 128 valence electrons. The van der Waals surface area contributed by atoms with Crippen molar-refractivity contribution >= 4 is 5.97 Å². The van der Waals surface area contributed by atoms with E-state index in [0.717, 1.165) is 24.8 Å². The zero-order valence-corrected chi connectivity index (χ0v) is 14.6. The Labute approximate surface area is 139 Å². The minimum atomic E-state index is -0.255. The first kappa shape index (κ1) is 19.1. The SMILES string of the molecule is COc1cc(CC(=O)OCC[C@@H](C)CCC=C(C)C)ccc1O. The van der Waals surface area contributed by atoms with Gasteiger partial charge < -0.3 is 14.6 Å². The number of hydrogen-bond acceptors (Lipinski definition) is 4. The highest BCUT2D eigenvalue weighted by molar-refractivity contribution is 5.72. The van der Waals surface area contributed by atoms with E-state index in [2.05, 4.69) is 26.8 Å². The third-order valence-corrected chi connectivity index (χ3v) is 3.68. The summed E-state index contributed by atoms with van der Waals surface area (Å²) in [7, 11) is 1.48. The summed E-state index contributed by atoms with van der Waals surface area (Å²) in [5.74, 6) is 0.708. The lowest BCUT2D eigenvalue weighted by molar-refractivity contribution is -0.143. The number of ether oxygens (including phenoxy) is 2. The number of aromatic hydroxyl groups is 1. The molecule has 0 heterocycles. The van der Waals surface area contributed by atoms with E-state index in [1.165, 1.54) is 18.7 Å². The Balaban J connectivity index is 2.30. The van der Waals surface area contributed by atoms with Crippen LogP contribution in [-0.2, 0) is 16.0 Å². The second-order valence-corrected chi connectivity index (χ2v) is 6.16. The first-order chi connectivity index (χ1) is 10.9. The van der Waals surface area contributed by atoms with Gasteiger partial charge in [0.2, 0.25) is 0 Å². The van der Waals surface area contributed by atoms with Gasteiger partial charge in [0.15, 0.2) is 11.5 Å². The molecule has 0 amide bonds. The van der Waals surface area contributed by atoms with Gasteiger partial charge in [-0.05, 0) is 56.7 Å². The summed E-state index contributed by atoms with van der Waals surface area (Å²) in [5.41, 5.74) is 2.11. The molecule has 1 aromatic rings. The van der Waals surface area contributed by atoms with Crippen LogP contribution >= 0.6 is 0 Å². The molecule has 4 heteroatoms. The molecule has 23 heavy (non-hydrogen) atoms. The molecule has 0 aliphatic carbocycles. The molecular weight excluding hydrogens is 292 g/mol. The summed E-state index contributed by atoms with van der Waals surface area (Å²) in [4.78, 5) is 11.8. The number of esters is 1. The van der Waals surface area contributed by atoms with E-state index >= 15 is 0 Å². The Morgan fingerprint density at radius 2 is 2.04 bits per heavy atom. The Bertz CT molecular complexity index is 530. The molecular formula is C19H28O4. The van der Waals surface area contributed by atoms with Crippen LogP contribution in [0.1, 0.15) is 45.6 Å². The molecule has 4 nitrogen and oxygen atoms in total. The Morgan fingerprint density at radius 1 is 1.30 bits per heavy atom. The van der Waals surface area contributed by atoms with E-state index in [-0.39, 0.29) is 18.1 Å². The number of carbonyl (C=O) groups is 1. The molecule has 0 unspecified atom stereocenters. The van der Waals surface area contributed by atoms with Gasteiger partial charge in [-0.15, -0.1) is 0 Å². The molecule has 0 fully saturated rings. The van der Waals surface area contributed by atoms with Crippen LogP contribution in [0.15, 0.2) is 29.8 Å². The number of phenols is 1. The Morgan fingerprint density at radius 3 is 2.70 bits per heavy atom. The minimum absolute atomic E-state index is 0.0646. The maximum atomic E-state index is 11.8. The van der Waals surface area contributed by atoms with E-state index in [9.17, 15) is 9.90 Å². The molecule has 1 N–H and O–H groups in total. The van der Waals surface area contributed by atoms with Gasteiger partial charge in [0.05, 0.1) is 20.1 Å². The van der Waals surface area contributed by atoms with Crippen LogP contribution in [0.4, 0.5) is 0 Å². The van der Waals surface area contributed by atoms with Crippen molar-refractivity contribution in [3.05, 3.63) is 35.4 Å². The normalized spacial score (nSPS) is 11.7. The number of benzene rings is 1. The first-order valence-electron chi connectivity index (χ1n) is 8.07. The Kier molecular flexibility index (Phi) is 8.23. The molecule has 0 bridgehead atoms. The smallest absolute Gasteiger partial charge is 0.310 e. The van der Waals surface area contributed by atoms with Crippen LogP contribution < -0.4 is 4.74 Å². The predicted molar refractivity (Wildman–Crippen MR) is 91.8 cm³/mol. The standard InChI is InChI=1S/C19H28O4/c1-14(2)6-5-7-15(3)10-11-23-19(21)13-16-8-9-17(20)18(12-16)22-4/h6,8-9,12,15,20H,5,7,10-11,13H2,1-4H3/t15-/m0/s1. The van der Waals surface area contributed by atoms with Crippen molar-refractivity contribution < 1.29 is 19.4 Å². The van der Waals surface area contributed by atoms with E-state index in [1.54, 1.807) is 12.1 Å². The fraction of sp³-hybridized carbons (Fsp3) is 0.526. The predicted octanol–water partition coefficient (Wildman–Crippen LogP) is 4.26. The fourth-order valence-electron chi connectivity index (χ4n) is 2.22. The minimum Gasteiger partial charge on any atom is -0.504 e. The third-order valence-electron chi connectivity index (χ3n) is 3.68. The molecule has 0 saturated carbocycles. The van der Waals surface area contributed by atoms with Crippen molar-refractivity contribution in [2.24, 2.45) is 5.92 Å². The maximum Gasteiger partial charge on any atom is 0.310 e. The van der Waals surface area contributed by atoms with Gasteiger partial charge in [-0.3, -0.25) is 4.79 Å². The summed E-state index contributed by atoms with van der Waals surface area (Å²) < 4.78 is 10.3. The van der Waals surface area contributed by atoms with Gasteiger partial charge in [-0.25, -0.2) is 0 Å². The van der Waals surface area contributed by atoms with Crippen molar-refractivity contribution in [2.45, 2.75) is 46.5 Å². The van der Waals surface area contributed by atoms with Gasteiger partial charge in [0, 0.05) is 0 Å². The average molecular weight is 320 g/mol. The first-order valence-corrected chi connectivity index (χ1v) is 8.07. The van der Waals surface area contributed by atoms with Crippen LogP contribution in [0, 0.1) is 5.92 Å². The summed E-state index contributed by atoms with van der Waals surface area (Å²) in [6.07, 6.45) is 5.48. The van der Waals surface area contributed by atoms with Gasteiger partial charge in [-0.2, -0.15) is 0 Å². The third kappa shape index (κ3) is 7.73. The second-order valence-electron chi connectivity index (χ2n) is 6.16. The number of hydrogen-bond donors (Lipinski definition) is 1. The monoisotopic (exact) mass is 320 g/mol. The van der Waals surface area contributed by atoms with Crippen LogP contribution in [-0.4, -0.2) is 24.8 Å². The molecule has 0 saturated heterocycles. The number of phenolic OH excluding ortho intramolecular Hbond substituents is 1. The molecule has 0 aromatic heterocycles. The zero-order valence-electron chi connectivity index (χ0n) is 14.6. The number of allylic oxidation sites excluding steroid dienone is 2. The van der Waals surface area contributed by atoms with Gasteiger partial charge in [-0.1, -0.05) is 24.6 Å². The van der Waals surface area contributed by atoms with Crippen LogP contribution in [0.25, 0.3) is 0 Å². The number of rotatable bonds is 9. The molecule has 0 radical (unpaired) electrons. The lowest BCUT2D eigenvalue weighted by atomic mass is 10.0. The van der Waals surface area contributed by atoms with E-state index in [0.29, 0.717) is 18.3 Å². The van der Waals surface area contributed by atoms with E-state index in [4.69, 9.17) is 9.47 Å². The highest BCUT2D eigenvalue weighted by Crippen LogP contribution is 2.26. The lowest BCUT2D eigenvalue weighted by Gasteiger charge is -2.11. The molecule has 0 aliphatic heterocycles. The van der Waals surface area contributed by atoms with Crippen molar-refractivity contribution in [1.82, 2.24) is 0 Å². The van der Waals surface area contributed by atoms with Crippen molar-refractivity contribution in [1.29, 1.82) is 0 Å². The van der Waals surface area contributed by atoms with E-state index < -0.39 is 0 Å². The summed E-state index contributed by atoms with van der Waals surface area (Å²) in [5, 5.41) is 9.53. The fourth-order valence-corrected chi connectivity index (χ4v) is 2.22. The van der Waals surface area contributed by atoms with Gasteiger partial charge >= 0.3 is 5.97 Å². The summed E-state index contributed by atoms with van der Waals surface area (Å²) in [6, 6.07) is 4.87. The van der Waals surface area contributed by atoms with Crippen LogP contribution in [0.5, 0.6) is 11.5 Å².